The highest BCUT2D eigenvalue weighted by molar-refractivity contribution is 6.31. The van der Waals surface area contributed by atoms with E-state index in [2.05, 4.69) is 13.8 Å². The largest absolute Gasteiger partial charge is 0.390 e. The fraction of sp³-hybridized carbons (Fsp3) is 0.571. The Morgan fingerprint density at radius 3 is 2.56 bits per heavy atom. The SMILES string of the molecule is CC(C)C1CC(O)(Cc2ccccc2Cl)C1. The Morgan fingerprint density at radius 1 is 1.38 bits per heavy atom. The van der Waals surface area contributed by atoms with Crippen LogP contribution >= 0.6 is 11.6 Å². The molecule has 1 nitrogen and oxygen atoms in total. The third-order valence-electron chi connectivity index (χ3n) is 3.70. The van der Waals surface area contributed by atoms with Crippen molar-refractivity contribution in [2.24, 2.45) is 11.8 Å². The summed E-state index contributed by atoms with van der Waals surface area (Å²) in [6, 6.07) is 7.79. The van der Waals surface area contributed by atoms with Crippen LogP contribution < -0.4 is 0 Å². The molecule has 1 aromatic carbocycles. The van der Waals surface area contributed by atoms with Crippen LogP contribution in [0.25, 0.3) is 0 Å². The van der Waals surface area contributed by atoms with Crippen molar-refractivity contribution < 1.29 is 5.11 Å². The zero-order valence-corrected chi connectivity index (χ0v) is 10.7. The lowest BCUT2D eigenvalue weighted by Gasteiger charge is -2.46. The topological polar surface area (TPSA) is 20.2 Å². The lowest BCUT2D eigenvalue weighted by molar-refractivity contribution is -0.0860. The second-order valence-electron chi connectivity index (χ2n) is 5.40. The van der Waals surface area contributed by atoms with Gasteiger partial charge in [-0.05, 0) is 36.3 Å². The number of benzene rings is 1. The number of hydrogen-bond donors (Lipinski definition) is 1. The first-order chi connectivity index (χ1) is 7.50. The Balaban J connectivity index is 1.99. The molecule has 0 amide bonds. The van der Waals surface area contributed by atoms with E-state index >= 15 is 0 Å². The van der Waals surface area contributed by atoms with Crippen molar-refractivity contribution in [1.29, 1.82) is 0 Å². The fourth-order valence-electron chi connectivity index (χ4n) is 2.53. The van der Waals surface area contributed by atoms with Crippen LogP contribution in [0.2, 0.25) is 5.02 Å². The average molecular weight is 239 g/mol. The van der Waals surface area contributed by atoms with Crippen LogP contribution in [-0.4, -0.2) is 10.7 Å². The molecule has 0 aromatic heterocycles. The van der Waals surface area contributed by atoms with Crippen LogP contribution in [-0.2, 0) is 6.42 Å². The van der Waals surface area contributed by atoms with Crippen LogP contribution in [0.1, 0.15) is 32.3 Å². The number of hydrogen-bond acceptors (Lipinski definition) is 1. The fourth-order valence-corrected chi connectivity index (χ4v) is 2.73. The van der Waals surface area contributed by atoms with Crippen molar-refractivity contribution >= 4 is 11.6 Å². The third-order valence-corrected chi connectivity index (χ3v) is 4.07. The minimum absolute atomic E-state index is 0.514. The number of halogens is 1. The van der Waals surface area contributed by atoms with Gasteiger partial charge in [-0.3, -0.25) is 0 Å². The molecule has 16 heavy (non-hydrogen) atoms. The Hall–Kier alpha value is -0.530. The van der Waals surface area contributed by atoms with Gasteiger partial charge in [-0.2, -0.15) is 0 Å². The minimum atomic E-state index is -0.514. The quantitative estimate of drug-likeness (QED) is 0.852. The number of aliphatic hydroxyl groups is 1. The van der Waals surface area contributed by atoms with Gasteiger partial charge in [0.05, 0.1) is 5.60 Å². The van der Waals surface area contributed by atoms with E-state index in [0.717, 1.165) is 23.4 Å². The summed E-state index contributed by atoms with van der Waals surface area (Å²) >= 11 is 6.10. The molecule has 0 saturated heterocycles. The van der Waals surface area contributed by atoms with E-state index in [1.807, 2.05) is 24.3 Å². The summed E-state index contributed by atoms with van der Waals surface area (Å²) in [5.74, 6) is 1.35. The maximum atomic E-state index is 10.3. The molecule has 2 rings (SSSR count). The van der Waals surface area contributed by atoms with E-state index in [-0.39, 0.29) is 0 Å². The van der Waals surface area contributed by atoms with Gasteiger partial charge in [-0.25, -0.2) is 0 Å². The molecule has 0 unspecified atom stereocenters. The lowest BCUT2D eigenvalue weighted by Crippen LogP contribution is -2.47. The first kappa shape index (κ1) is 11.9. The highest BCUT2D eigenvalue weighted by Crippen LogP contribution is 2.44. The first-order valence-electron chi connectivity index (χ1n) is 5.96. The van der Waals surface area contributed by atoms with E-state index in [1.54, 1.807) is 0 Å². The smallest absolute Gasteiger partial charge is 0.0694 e. The molecule has 1 saturated carbocycles. The van der Waals surface area contributed by atoms with Gasteiger partial charge in [0, 0.05) is 11.4 Å². The highest BCUT2D eigenvalue weighted by atomic mass is 35.5. The maximum absolute atomic E-state index is 10.3. The van der Waals surface area contributed by atoms with Gasteiger partial charge in [0.25, 0.3) is 0 Å². The second kappa shape index (κ2) is 4.38. The molecule has 1 N–H and O–H groups in total. The van der Waals surface area contributed by atoms with E-state index < -0.39 is 5.60 Å². The first-order valence-corrected chi connectivity index (χ1v) is 6.34. The summed E-state index contributed by atoms with van der Waals surface area (Å²) in [6.45, 7) is 4.44. The Kier molecular flexibility index (Phi) is 3.27. The molecule has 0 atom stereocenters. The summed E-state index contributed by atoms with van der Waals surface area (Å²) in [5.41, 5.74) is 0.550. The molecule has 0 bridgehead atoms. The zero-order valence-electron chi connectivity index (χ0n) is 9.91. The predicted molar refractivity (Wildman–Crippen MR) is 67.7 cm³/mol. The molecule has 2 heteroatoms. The van der Waals surface area contributed by atoms with Crippen LogP contribution in [0.4, 0.5) is 0 Å². The molecule has 1 aliphatic rings. The molecule has 1 aromatic rings. The summed E-state index contributed by atoms with van der Waals surface area (Å²) in [5, 5.41) is 11.1. The average Bonchev–Trinajstić information content (AvgIpc) is 2.17. The van der Waals surface area contributed by atoms with Crippen molar-refractivity contribution in [2.45, 2.75) is 38.7 Å². The van der Waals surface area contributed by atoms with E-state index in [9.17, 15) is 5.11 Å². The molecular weight excluding hydrogens is 220 g/mol. The molecule has 1 aliphatic carbocycles. The predicted octanol–water partition coefficient (Wildman–Crippen LogP) is 3.68. The molecular formula is C14H19ClO. The van der Waals surface area contributed by atoms with Crippen molar-refractivity contribution in [1.82, 2.24) is 0 Å². The molecule has 88 valence electrons. The molecule has 0 spiro atoms. The molecule has 0 aliphatic heterocycles. The van der Waals surface area contributed by atoms with Crippen molar-refractivity contribution in [3.63, 3.8) is 0 Å². The molecule has 0 heterocycles. The van der Waals surface area contributed by atoms with Crippen LogP contribution in [0.5, 0.6) is 0 Å². The summed E-state index contributed by atoms with van der Waals surface area (Å²) in [7, 11) is 0. The zero-order chi connectivity index (χ0) is 11.8. The van der Waals surface area contributed by atoms with E-state index in [4.69, 9.17) is 11.6 Å². The Bertz CT molecular complexity index is 367. The molecule has 1 fully saturated rings. The highest BCUT2D eigenvalue weighted by Gasteiger charge is 2.43. The summed E-state index contributed by atoms with van der Waals surface area (Å²) in [6.07, 6.45) is 2.52. The normalized spacial score (nSPS) is 29.2. The van der Waals surface area contributed by atoms with Gasteiger partial charge < -0.3 is 5.11 Å². The molecule has 0 radical (unpaired) electrons. The minimum Gasteiger partial charge on any atom is -0.390 e. The van der Waals surface area contributed by atoms with Crippen LogP contribution in [0.3, 0.4) is 0 Å². The number of rotatable bonds is 3. The van der Waals surface area contributed by atoms with E-state index in [1.165, 1.54) is 0 Å². The standard InChI is InChI=1S/C14H19ClO/c1-10(2)12-8-14(16,9-12)7-11-5-3-4-6-13(11)15/h3-6,10,12,16H,7-9H2,1-2H3. The summed E-state index contributed by atoms with van der Waals surface area (Å²) < 4.78 is 0. The summed E-state index contributed by atoms with van der Waals surface area (Å²) in [4.78, 5) is 0. The van der Waals surface area contributed by atoms with Crippen molar-refractivity contribution in [3.8, 4) is 0 Å². The van der Waals surface area contributed by atoms with Gasteiger partial charge >= 0.3 is 0 Å². The van der Waals surface area contributed by atoms with Gasteiger partial charge in [0.2, 0.25) is 0 Å². The monoisotopic (exact) mass is 238 g/mol. The van der Waals surface area contributed by atoms with Gasteiger partial charge in [-0.1, -0.05) is 43.6 Å². The van der Waals surface area contributed by atoms with Crippen molar-refractivity contribution in [3.05, 3.63) is 34.9 Å². The van der Waals surface area contributed by atoms with Crippen molar-refractivity contribution in [2.75, 3.05) is 0 Å². The Labute approximate surface area is 102 Å². The van der Waals surface area contributed by atoms with E-state index in [0.29, 0.717) is 18.3 Å². The van der Waals surface area contributed by atoms with Gasteiger partial charge in [0.15, 0.2) is 0 Å². The van der Waals surface area contributed by atoms with Crippen LogP contribution in [0.15, 0.2) is 24.3 Å². The van der Waals surface area contributed by atoms with Gasteiger partial charge in [-0.15, -0.1) is 0 Å². The third kappa shape index (κ3) is 2.41. The Morgan fingerprint density at radius 2 is 2.00 bits per heavy atom. The van der Waals surface area contributed by atoms with Gasteiger partial charge in [0.1, 0.15) is 0 Å². The lowest BCUT2D eigenvalue weighted by atomic mass is 9.64. The van der Waals surface area contributed by atoms with Crippen LogP contribution in [0, 0.1) is 11.8 Å². The maximum Gasteiger partial charge on any atom is 0.0694 e. The second-order valence-corrected chi connectivity index (χ2v) is 5.81.